The van der Waals surface area contributed by atoms with Crippen molar-refractivity contribution in [1.29, 1.82) is 0 Å². The summed E-state index contributed by atoms with van der Waals surface area (Å²) < 4.78 is 10.5. The fourth-order valence-electron chi connectivity index (χ4n) is 2.17. The second kappa shape index (κ2) is 8.28. The van der Waals surface area contributed by atoms with Gasteiger partial charge >= 0.3 is 0 Å². The number of benzene rings is 2. The Kier molecular flexibility index (Phi) is 6.37. The van der Waals surface area contributed by atoms with Crippen LogP contribution in [0.2, 0.25) is 10.0 Å². The molecule has 2 aromatic carbocycles. The van der Waals surface area contributed by atoms with E-state index in [9.17, 15) is 0 Å². The molecule has 2 aromatic rings. The van der Waals surface area contributed by atoms with Crippen molar-refractivity contribution in [2.24, 2.45) is 0 Å². The molecule has 1 N–H and O–H groups in total. The zero-order valence-corrected chi connectivity index (χ0v) is 14.2. The van der Waals surface area contributed by atoms with Crippen LogP contribution in [0.15, 0.2) is 36.4 Å². The number of methoxy groups -OCH3 is 2. The van der Waals surface area contributed by atoms with Crippen molar-refractivity contribution in [1.82, 2.24) is 5.32 Å². The third kappa shape index (κ3) is 4.54. The first-order valence-corrected chi connectivity index (χ1v) is 7.75. The second-order valence-corrected chi connectivity index (χ2v) is 5.70. The molecule has 22 heavy (non-hydrogen) atoms. The molecule has 118 valence electrons. The summed E-state index contributed by atoms with van der Waals surface area (Å²) in [6.07, 6.45) is 0.850. The average molecular weight is 340 g/mol. The van der Waals surface area contributed by atoms with Gasteiger partial charge in [-0.15, -0.1) is 0 Å². The molecule has 0 bridgehead atoms. The lowest BCUT2D eigenvalue weighted by atomic mass is 10.1. The Morgan fingerprint density at radius 3 is 2.41 bits per heavy atom. The number of ether oxygens (including phenoxy) is 2. The highest BCUT2D eigenvalue weighted by Gasteiger charge is 2.05. The van der Waals surface area contributed by atoms with E-state index in [-0.39, 0.29) is 0 Å². The molecule has 3 nitrogen and oxygen atoms in total. The van der Waals surface area contributed by atoms with Crippen molar-refractivity contribution in [3.63, 3.8) is 0 Å². The molecule has 0 aromatic heterocycles. The van der Waals surface area contributed by atoms with Gasteiger partial charge in [0.2, 0.25) is 0 Å². The third-order valence-corrected chi connectivity index (χ3v) is 3.95. The van der Waals surface area contributed by atoms with Crippen LogP contribution in [0.1, 0.15) is 11.1 Å². The smallest absolute Gasteiger partial charge is 0.161 e. The molecule has 0 radical (unpaired) electrons. The van der Waals surface area contributed by atoms with Gasteiger partial charge in [-0.1, -0.05) is 35.3 Å². The summed E-state index contributed by atoms with van der Waals surface area (Å²) in [5.41, 5.74) is 2.23. The molecule has 5 heteroatoms. The quantitative estimate of drug-likeness (QED) is 0.761. The molecule has 0 saturated heterocycles. The Morgan fingerprint density at radius 2 is 1.73 bits per heavy atom. The van der Waals surface area contributed by atoms with Gasteiger partial charge < -0.3 is 14.8 Å². The van der Waals surface area contributed by atoms with Crippen LogP contribution in [-0.2, 0) is 13.0 Å². The number of rotatable bonds is 7. The number of nitrogens with one attached hydrogen (secondary N) is 1. The minimum atomic E-state index is 0.659. The van der Waals surface area contributed by atoms with E-state index in [2.05, 4.69) is 5.32 Å². The summed E-state index contributed by atoms with van der Waals surface area (Å²) in [6.45, 7) is 1.58. The molecule has 0 atom stereocenters. The highest BCUT2D eigenvalue weighted by atomic mass is 35.5. The van der Waals surface area contributed by atoms with E-state index >= 15 is 0 Å². The lowest BCUT2D eigenvalue weighted by molar-refractivity contribution is 0.354. The van der Waals surface area contributed by atoms with E-state index in [0.29, 0.717) is 10.0 Å². The van der Waals surface area contributed by atoms with Crippen molar-refractivity contribution in [3.05, 3.63) is 57.6 Å². The monoisotopic (exact) mass is 339 g/mol. The van der Waals surface area contributed by atoms with E-state index in [1.54, 1.807) is 20.3 Å². The topological polar surface area (TPSA) is 30.5 Å². The fourth-order valence-corrected chi connectivity index (χ4v) is 2.67. The van der Waals surface area contributed by atoms with Crippen molar-refractivity contribution in [3.8, 4) is 11.5 Å². The summed E-state index contributed by atoms with van der Waals surface area (Å²) in [7, 11) is 3.27. The molecule has 0 saturated carbocycles. The van der Waals surface area contributed by atoms with Crippen LogP contribution in [0, 0.1) is 0 Å². The van der Waals surface area contributed by atoms with Gasteiger partial charge in [-0.05, 0) is 48.4 Å². The van der Waals surface area contributed by atoms with Gasteiger partial charge in [-0.25, -0.2) is 0 Å². The van der Waals surface area contributed by atoms with Gasteiger partial charge in [0.1, 0.15) is 0 Å². The first kappa shape index (κ1) is 16.9. The van der Waals surface area contributed by atoms with Crippen LogP contribution in [-0.4, -0.2) is 20.8 Å². The van der Waals surface area contributed by atoms with Crippen molar-refractivity contribution in [2.45, 2.75) is 13.0 Å². The fraction of sp³-hybridized carbons (Fsp3) is 0.294. The average Bonchev–Trinajstić information content (AvgIpc) is 2.53. The molecule has 0 aliphatic heterocycles. The van der Waals surface area contributed by atoms with Gasteiger partial charge in [0, 0.05) is 16.6 Å². The van der Waals surface area contributed by atoms with Crippen LogP contribution >= 0.6 is 23.2 Å². The predicted octanol–water partition coefficient (Wildman–Crippen LogP) is 4.34. The molecule has 0 heterocycles. The maximum absolute atomic E-state index is 6.16. The lowest BCUT2D eigenvalue weighted by Gasteiger charge is -2.10. The Morgan fingerprint density at radius 1 is 0.955 bits per heavy atom. The Labute approximate surface area is 141 Å². The molecular weight excluding hydrogens is 321 g/mol. The normalized spacial score (nSPS) is 10.5. The highest BCUT2D eigenvalue weighted by molar-refractivity contribution is 6.35. The van der Waals surface area contributed by atoms with Crippen molar-refractivity contribution < 1.29 is 9.47 Å². The summed E-state index contributed by atoms with van der Waals surface area (Å²) >= 11 is 12.0. The van der Waals surface area contributed by atoms with Crippen molar-refractivity contribution >= 4 is 23.2 Å². The minimum Gasteiger partial charge on any atom is -0.493 e. The van der Waals surface area contributed by atoms with Crippen LogP contribution in [0.25, 0.3) is 0 Å². The number of halogens is 2. The molecule has 2 rings (SSSR count). The zero-order valence-electron chi connectivity index (χ0n) is 12.7. The van der Waals surface area contributed by atoms with E-state index in [0.717, 1.165) is 42.1 Å². The van der Waals surface area contributed by atoms with Crippen LogP contribution in [0.4, 0.5) is 0 Å². The molecule has 0 aliphatic rings. The molecule has 0 spiro atoms. The molecular formula is C17H19Cl2NO2. The number of hydrogen-bond donors (Lipinski definition) is 1. The van der Waals surface area contributed by atoms with Gasteiger partial charge in [0.05, 0.1) is 14.2 Å². The SMILES string of the molecule is COc1ccc(CNCCc2ccc(Cl)cc2Cl)cc1OC. The zero-order chi connectivity index (χ0) is 15.9. The maximum atomic E-state index is 6.16. The Bertz CT molecular complexity index is 632. The van der Waals surface area contributed by atoms with Gasteiger partial charge in [0.15, 0.2) is 11.5 Å². The Balaban J connectivity index is 1.86. The first-order valence-electron chi connectivity index (χ1n) is 6.99. The molecule has 0 unspecified atom stereocenters. The Hall–Kier alpha value is -1.42. The van der Waals surface area contributed by atoms with Crippen LogP contribution < -0.4 is 14.8 Å². The largest absolute Gasteiger partial charge is 0.493 e. The third-order valence-electron chi connectivity index (χ3n) is 3.36. The van der Waals surface area contributed by atoms with Gasteiger partial charge in [-0.3, -0.25) is 0 Å². The van der Waals surface area contributed by atoms with Gasteiger partial charge in [-0.2, -0.15) is 0 Å². The lowest BCUT2D eigenvalue weighted by Crippen LogP contribution is -2.16. The number of hydrogen-bond acceptors (Lipinski definition) is 3. The van der Waals surface area contributed by atoms with E-state index in [1.807, 2.05) is 30.3 Å². The highest BCUT2D eigenvalue weighted by Crippen LogP contribution is 2.27. The maximum Gasteiger partial charge on any atom is 0.161 e. The summed E-state index contributed by atoms with van der Waals surface area (Å²) in [6, 6.07) is 11.5. The van der Waals surface area contributed by atoms with Crippen LogP contribution in [0.5, 0.6) is 11.5 Å². The summed E-state index contributed by atoms with van der Waals surface area (Å²) in [5.74, 6) is 1.47. The van der Waals surface area contributed by atoms with Crippen molar-refractivity contribution in [2.75, 3.05) is 20.8 Å². The molecule has 0 amide bonds. The minimum absolute atomic E-state index is 0.659. The van der Waals surface area contributed by atoms with E-state index < -0.39 is 0 Å². The first-order chi connectivity index (χ1) is 10.6. The standard InChI is InChI=1S/C17H19Cl2NO2/c1-21-16-6-3-12(9-17(16)22-2)11-20-8-7-13-4-5-14(18)10-15(13)19/h3-6,9-10,20H,7-8,11H2,1-2H3. The predicted molar refractivity (Wildman–Crippen MR) is 91.4 cm³/mol. The summed E-state index contributed by atoms with van der Waals surface area (Å²) in [4.78, 5) is 0. The molecule has 0 fully saturated rings. The van der Waals surface area contributed by atoms with E-state index in [4.69, 9.17) is 32.7 Å². The van der Waals surface area contributed by atoms with Gasteiger partial charge in [0.25, 0.3) is 0 Å². The van der Waals surface area contributed by atoms with E-state index in [1.165, 1.54) is 0 Å². The molecule has 0 aliphatic carbocycles. The second-order valence-electron chi connectivity index (χ2n) is 4.85. The summed E-state index contributed by atoms with van der Waals surface area (Å²) in [5, 5.41) is 4.76. The van der Waals surface area contributed by atoms with Crippen LogP contribution in [0.3, 0.4) is 0 Å².